The van der Waals surface area contributed by atoms with Gasteiger partial charge in [0.25, 0.3) is 5.91 Å². The van der Waals surface area contributed by atoms with Gasteiger partial charge in [-0.05, 0) is 36.1 Å². The van der Waals surface area contributed by atoms with Gasteiger partial charge in [0, 0.05) is 10.3 Å². The molecule has 25 heavy (non-hydrogen) atoms. The van der Waals surface area contributed by atoms with E-state index in [2.05, 4.69) is 15.5 Å². The summed E-state index contributed by atoms with van der Waals surface area (Å²) < 4.78 is 14.3. The fourth-order valence-electron chi connectivity index (χ4n) is 2.53. The average molecular weight is 369 g/mol. The molecule has 0 spiro atoms. The average Bonchev–Trinajstić information content (AvgIpc) is 3.21. The zero-order chi connectivity index (χ0) is 17.4. The van der Waals surface area contributed by atoms with Crippen LogP contribution in [0.2, 0.25) is 0 Å². The highest BCUT2D eigenvalue weighted by atomic mass is 32.1. The number of hydrogen-bond donors (Lipinski definition) is 1. The Morgan fingerprint density at radius 1 is 1.08 bits per heavy atom. The van der Waals surface area contributed by atoms with Crippen LogP contribution in [-0.4, -0.2) is 16.1 Å². The van der Waals surface area contributed by atoms with Gasteiger partial charge in [0.1, 0.15) is 10.8 Å². The first-order valence-electron chi connectivity index (χ1n) is 7.51. The van der Waals surface area contributed by atoms with Crippen LogP contribution in [-0.2, 0) is 0 Å². The number of amides is 1. The highest BCUT2D eigenvalue weighted by Gasteiger charge is 2.18. The summed E-state index contributed by atoms with van der Waals surface area (Å²) in [6.07, 6.45) is 0. The number of aromatic nitrogens is 2. The van der Waals surface area contributed by atoms with E-state index in [9.17, 15) is 9.18 Å². The van der Waals surface area contributed by atoms with Gasteiger partial charge in [-0.15, -0.1) is 21.5 Å². The molecule has 0 radical (unpaired) electrons. The Labute approximate surface area is 151 Å². The Bertz CT molecular complexity index is 1070. The van der Waals surface area contributed by atoms with Crippen molar-refractivity contribution < 1.29 is 9.18 Å². The van der Waals surface area contributed by atoms with Crippen molar-refractivity contribution in [1.82, 2.24) is 10.2 Å². The zero-order valence-corrected chi connectivity index (χ0v) is 14.7. The number of fused-ring (bicyclic) bond motifs is 1. The van der Waals surface area contributed by atoms with Crippen LogP contribution in [0.1, 0.15) is 15.2 Å². The lowest BCUT2D eigenvalue weighted by molar-refractivity contribution is 0.103. The van der Waals surface area contributed by atoms with E-state index in [0.717, 1.165) is 26.2 Å². The van der Waals surface area contributed by atoms with Crippen molar-refractivity contribution in [3.63, 3.8) is 0 Å². The van der Waals surface area contributed by atoms with Crippen LogP contribution < -0.4 is 5.32 Å². The van der Waals surface area contributed by atoms with Crippen LogP contribution in [0.5, 0.6) is 0 Å². The number of nitrogens with one attached hydrogen (secondary N) is 1. The molecule has 7 heteroatoms. The second kappa shape index (κ2) is 6.34. The number of thiophene rings is 1. The van der Waals surface area contributed by atoms with Crippen molar-refractivity contribution in [2.75, 3.05) is 5.32 Å². The molecule has 0 aliphatic carbocycles. The summed E-state index contributed by atoms with van der Waals surface area (Å²) in [5.41, 5.74) is 1.72. The zero-order valence-electron chi connectivity index (χ0n) is 13.1. The quantitative estimate of drug-likeness (QED) is 0.545. The van der Waals surface area contributed by atoms with Crippen molar-refractivity contribution in [2.45, 2.75) is 6.92 Å². The van der Waals surface area contributed by atoms with E-state index in [1.165, 1.54) is 34.8 Å². The van der Waals surface area contributed by atoms with Crippen molar-refractivity contribution in [3.05, 3.63) is 64.8 Å². The van der Waals surface area contributed by atoms with E-state index in [-0.39, 0.29) is 11.7 Å². The molecule has 124 valence electrons. The van der Waals surface area contributed by atoms with Gasteiger partial charge < -0.3 is 0 Å². The normalized spacial score (nSPS) is 11.0. The molecule has 0 bridgehead atoms. The Hall–Kier alpha value is -2.64. The van der Waals surface area contributed by atoms with Gasteiger partial charge in [0.05, 0.1) is 4.88 Å². The number of carbonyl (C=O) groups excluding carboxylic acids is 1. The predicted octanol–water partition coefficient (Wildman–Crippen LogP) is 5.12. The number of nitrogens with zero attached hydrogens (tertiary/aromatic N) is 2. The molecule has 2 aromatic carbocycles. The minimum atomic E-state index is -0.308. The third-order valence-electron chi connectivity index (χ3n) is 3.77. The smallest absolute Gasteiger partial charge is 0.267 e. The minimum absolute atomic E-state index is 0.255. The van der Waals surface area contributed by atoms with E-state index >= 15 is 0 Å². The van der Waals surface area contributed by atoms with Crippen molar-refractivity contribution in [1.29, 1.82) is 0 Å². The van der Waals surface area contributed by atoms with E-state index < -0.39 is 0 Å². The largest absolute Gasteiger partial charge is 0.296 e. The van der Waals surface area contributed by atoms with Gasteiger partial charge in [0.2, 0.25) is 5.13 Å². The molecule has 4 rings (SSSR count). The summed E-state index contributed by atoms with van der Waals surface area (Å²) in [4.78, 5) is 13.1. The van der Waals surface area contributed by atoms with Crippen LogP contribution in [0, 0.1) is 12.7 Å². The van der Waals surface area contributed by atoms with E-state index in [0.29, 0.717) is 10.0 Å². The maximum atomic E-state index is 13.4. The molecule has 4 nitrogen and oxygen atoms in total. The van der Waals surface area contributed by atoms with Gasteiger partial charge in [0.15, 0.2) is 0 Å². The monoisotopic (exact) mass is 369 g/mol. The lowest BCUT2D eigenvalue weighted by Gasteiger charge is -1.99. The molecule has 0 aliphatic rings. The third kappa shape index (κ3) is 3.04. The topological polar surface area (TPSA) is 54.9 Å². The lowest BCUT2D eigenvalue weighted by Crippen LogP contribution is -2.11. The molecule has 0 saturated heterocycles. The molecule has 0 saturated carbocycles. The number of carbonyl (C=O) groups is 1. The van der Waals surface area contributed by atoms with E-state index in [4.69, 9.17) is 0 Å². The second-order valence-corrected chi connectivity index (χ2v) is 7.46. The summed E-state index contributed by atoms with van der Waals surface area (Å²) in [7, 11) is 0. The standard InChI is InChI=1S/C18H12FN3OS2/c1-10-13-9-12(19)7-8-14(13)24-15(10)16(23)20-18-22-21-17(25-18)11-5-3-2-4-6-11/h2-9H,1H3,(H,20,22,23). The molecule has 0 aliphatic heterocycles. The highest BCUT2D eigenvalue weighted by molar-refractivity contribution is 7.21. The van der Waals surface area contributed by atoms with Gasteiger partial charge in [-0.25, -0.2) is 4.39 Å². The van der Waals surface area contributed by atoms with Crippen molar-refractivity contribution in [2.24, 2.45) is 0 Å². The van der Waals surface area contributed by atoms with Crippen LogP contribution in [0.4, 0.5) is 9.52 Å². The summed E-state index contributed by atoms with van der Waals surface area (Å²) >= 11 is 2.66. The third-order valence-corrected chi connectivity index (χ3v) is 5.93. The van der Waals surface area contributed by atoms with E-state index in [1.54, 1.807) is 6.07 Å². The molecule has 0 fully saturated rings. The molecule has 0 atom stereocenters. The van der Waals surface area contributed by atoms with Crippen molar-refractivity contribution in [3.8, 4) is 10.6 Å². The van der Waals surface area contributed by atoms with Gasteiger partial charge in [-0.2, -0.15) is 0 Å². The molecular weight excluding hydrogens is 357 g/mol. The highest BCUT2D eigenvalue weighted by Crippen LogP contribution is 2.32. The SMILES string of the molecule is Cc1c(C(=O)Nc2nnc(-c3ccccc3)s2)sc2ccc(F)cc12. The fraction of sp³-hybridized carbons (Fsp3) is 0.0556. The summed E-state index contributed by atoms with van der Waals surface area (Å²) in [5, 5.41) is 12.9. The molecule has 1 N–H and O–H groups in total. The number of hydrogen-bond acceptors (Lipinski definition) is 5. The number of anilines is 1. The Morgan fingerprint density at radius 2 is 1.88 bits per heavy atom. The van der Waals surface area contributed by atoms with Gasteiger partial charge >= 0.3 is 0 Å². The maximum Gasteiger partial charge on any atom is 0.267 e. The van der Waals surface area contributed by atoms with E-state index in [1.807, 2.05) is 37.3 Å². The van der Waals surface area contributed by atoms with Crippen LogP contribution in [0.25, 0.3) is 20.7 Å². The Balaban J connectivity index is 1.61. The maximum absolute atomic E-state index is 13.4. The number of rotatable bonds is 3. The van der Waals surface area contributed by atoms with Crippen molar-refractivity contribution >= 4 is 43.8 Å². The Kier molecular flexibility index (Phi) is 4.03. The number of aryl methyl sites for hydroxylation is 1. The van der Waals surface area contributed by atoms with Crippen LogP contribution >= 0.6 is 22.7 Å². The first kappa shape index (κ1) is 15.9. The summed E-state index contributed by atoms with van der Waals surface area (Å²) in [6, 6.07) is 14.2. The minimum Gasteiger partial charge on any atom is -0.296 e. The molecule has 2 aromatic heterocycles. The van der Waals surface area contributed by atoms with Crippen LogP contribution in [0.3, 0.4) is 0 Å². The van der Waals surface area contributed by atoms with Gasteiger partial charge in [-0.3, -0.25) is 10.1 Å². The lowest BCUT2D eigenvalue weighted by atomic mass is 10.1. The predicted molar refractivity (Wildman–Crippen MR) is 99.8 cm³/mol. The Morgan fingerprint density at radius 3 is 2.68 bits per heavy atom. The molecule has 1 amide bonds. The second-order valence-electron chi connectivity index (χ2n) is 5.43. The first-order chi connectivity index (χ1) is 12.1. The summed E-state index contributed by atoms with van der Waals surface area (Å²) in [5.74, 6) is -0.563. The summed E-state index contributed by atoms with van der Waals surface area (Å²) in [6.45, 7) is 1.82. The fourth-order valence-corrected chi connectivity index (χ4v) is 4.36. The van der Waals surface area contributed by atoms with Gasteiger partial charge in [-0.1, -0.05) is 41.7 Å². The number of benzene rings is 2. The van der Waals surface area contributed by atoms with Crippen LogP contribution in [0.15, 0.2) is 48.5 Å². The first-order valence-corrected chi connectivity index (χ1v) is 9.14. The molecule has 0 unspecified atom stereocenters. The molecular formula is C18H12FN3OS2. The molecule has 2 heterocycles. The number of halogens is 1. The molecule has 4 aromatic rings.